The van der Waals surface area contributed by atoms with E-state index in [4.69, 9.17) is 12.2 Å². The van der Waals surface area contributed by atoms with Crippen LogP contribution < -0.4 is 10.6 Å². The van der Waals surface area contributed by atoms with Gasteiger partial charge in [0.15, 0.2) is 5.11 Å². The summed E-state index contributed by atoms with van der Waals surface area (Å²) in [6.07, 6.45) is 6.17. The van der Waals surface area contributed by atoms with Gasteiger partial charge in [-0.1, -0.05) is 11.2 Å². The molecule has 0 aromatic rings. The minimum Gasteiger partial charge on any atom is -0.617 e. The molecule has 0 saturated carbocycles. The minimum absolute atomic E-state index is 0.240. The molecule has 106 valence electrons. The molecule has 2 N–H and O–H groups in total. The third-order valence-electron chi connectivity index (χ3n) is 2.39. The van der Waals surface area contributed by atoms with E-state index in [1.807, 2.05) is 0 Å². The van der Waals surface area contributed by atoms with E-state index in [0.29, 0.717) is 11.5 Å². The highest BCUT2D eigenvalue weighted by Gasteiger charge is 1.98. The maximum absolute atomic E-state index is 10.8. The second kappa shape index (κ2) is 11.7. The Labute approximate surface area is 118 Å². The minimum atomic E-state index is -0.695. The molecule has 0 aliphatic carbocycles. The molecule has 0 amide bonds. The fourth-order valence-electron chi connectivity index (χ4n) is 1.40. The number of unbranched alkanes of at least 4 members (excludes halogenated alkanes) is 2. The van der Waals surface area contributed by atoms with Crippen molar-refractivity contribution in [2.75, 3.05) is 25.1 Å². The number of carbonyl (C=O) groups excluding carboxylic acids is 1. The van der Waals surface area contributed by atoms with Crippen LogP contribution in [0.2, 0.25) is 0 Å². The highest BCUT2D eigenvalue weighted by Crippen LogP contribution is 1.95. The zero-order valence-corrected chi connectivity index (χ0v) is 12.9. The lowest BCUT2D eigenvalue weighted by Crippen LogP contribution is -2.36. The number of carbonyl (C=O) groups is 1. The monoisotopic (exact) mass is 292 g/mol. The number of hydrogen-bond acceptors (Lipinski definition) is 3. The molecule has 4 nitrogen and oxygen atoms in total. The van der Waals surface area contributed by atoms with Crippen LogP contribution >= 0.6 is 12.2 Å². The van der Waals surface area contributed by atoms with Gasteiger partial charge in [0.2, 0.25) is 0 Å². The highest BCUT2D eigenvalue weighted by molar-refractivity contribution is 7.90. The summed E-state index contributed by atoms with van der Waals surface area (Å²) in [6, 6.07) is 0. The molecule has 0 fully saturated rings. The Morgan fingerprint density at radius 3 is 2.22 bits per heavy atom. The van der Waals surface area contributed by atoms with Crippen molar-refractivity contribution in [2.24, 2.45) is 0 Å². The summed E-state index contributed by atoms with van der Waals surface area (Å²) >= 11 is 4.41. The van der Waals surface area contributed by atoms with Crippen LogP contribution in [0.25, 0.3) is 0 Å². The van der Waals surface area contributed by atoms with E-state index in [-0.39, 0.29) is 5.78 Å². The molecule has 0 aromatic carbocycles. The van der Waals surface area contributed by atoms with Crippen LogP contribution in [0.1, 0.15) is 39.0 Å². The topological polar surface area (TPSA) is 64.2 Å². The van der Waals surface area contributed by atoms with E-state index in [1.54, 1.807) is 13.2 Å². The molecule has 0 saturated heterocycles. The molecule has 0 rings (SSSR count). The summed E-state index contributed by atoms with van der Waals surface area (Å²) in [5, 5.41) is 6.88. The van der Waals surface area contributed by atoms with Crippen molar-refractivity contribution in [2.45, 2.75) is 39.0 Å². The normalized spacial score (nSPS) is 11.9. The van der Waals surface area contributed by atoms with Crippen molar-refractivity contribution < 1.29 is 9.35 Å². The van der Waals surface area contributed by atoms with Gasteiger partial charge >= 0.3 is 0 Å². The van der Waals surface area contributed by atoms with Crippen molar-refractivity contribution in [3.05, 3.63) is 0 Å². The van der Waals surface area contributed by atoms with Crippen LogP contribution in [-0.2, 0) is 16.0 Å². The van der Waals surface area contributed by atoms with Crippen LogP contribution in [-0.4, -0.2) is 40.5 Å². The van der Waals surface area contributed by atoms with Gasteiger partial charge in [0.1, 0.15) is 11.5 Å². The van der Waals surface area contributed by atoms with E-state index < -0.39 is 11.2 Å². The summed E-state index contributed by atoms with van der Waals surface area (Å²) in [5.41, 5.74) is 0. The van der Waals surface area contributed by atoms with Crippen molar-refractivity contribution in [3.63, 3.8) is 0 Å². The van der Waals surface area contributed by atoms with Crippen LogP contribution in [0.15, 0.2) is 0 Å². The number of hydrogen-bond donors (Lipinski definition) is 2. The lowest BCUT2D eigenvalue weighted by molar-refractivity contribution is -0.117. The zero-order valence-electron chi connectivity index (χ0n) is 11.3. The first-order valence-electron chi connectivity index (χ1n) is 6.33. The molecule has 1 unspecified atom stereocenters. The zero-order chi connectivity index (χ0) is 13.8. The Hall–Kier alpha value is -0.330. The van der Waals surface area contributed by atoms with Gasteiger partial charge < -0.3 is 20.0 Å². The van der Waals surface area contributed by atoms with E-state index in [9.17, 15) is 9.35 Å². The Bertz CT molecular complexity index is 248. The molecule has 1 atom stereocenters. The second-order valence-corrected chi connectivity index (χ2v) is 6.29. The van der Waals surface area contributed by atoms with Gasteiger partial charge in [-0.3, -0.25) is 0 Å². The quantitative estimate of drug-likeness (QED) is 0.362. The number of ketones is 1. The van der Waals surface area contributed by atoms with Crippen LogP contribution in [0.3, 0.4) is 0 Å². The maximum Gasteiger partial charge on any atom is 0.166 e. The first kappa shape index (κ1) is 17.7. The Morgan fingerprint density at radius 1 is 1.17 bits per heavy atom. The van der Waals surface area contributed by atoms with Gasteiger partial charge in [0.05, 0.1) is 6.26 Å². The molecule has 0 heterocycles. The Kier molecular flexibility index (Phi) is 11.5. The van der Waals surface area contributed by atoms with Crippen molar-refractivity contribution >= 4 is 34.3 Å². The van der Waals surface area contributed by atoms with Crippen molar-refractivity contribution in [1.29, 1.82) is 0 Å². The highest BCUT2D eigenvalue weighted by atomic mass is 32.2. The summed E-state index contributed by atoms with van der Waals surface area (Å²) < 4.78 is 10.8. The third-order valence-corrected chi connectivity index (χ3v) is 3.54. The van der Waals surface area contributed by atoms with E-state index >= 15 is 0 Å². The summed E-state index contributed by atoms with van der Waals surface area (Å²) in [7, 11) is 0. The van der Waals surface area contributed by atoms with Crippen molar-refractivity contribution in [1.82, 2.24) is 10.6 Å². The summed E-state index contributed by atoms with van der Waals surface area (Å²) in [4.78, 5) is 10.7. The molecule has 0 spiro atoms. The van der Waals surface area contributed by atoms with Gasteiger partial charge in [0, 0.05) is 19.5 Å². The largest absolute Gasteiger partial charge is 0.617 e. The first-order chi connectivity index (χ1) is 8.52. The predicted molar refractivity (Wildman–Crippen MR) is 81.3 cm³/mol. The molecular weight excluding hydrogens is 268 g/mol. The van der Waals surface area contributed by atoms with Crippen LogP contribution in [0.5, 0.6) is 0 Å². The summed E-state index contributed by atoms with van der Waals surface area (Å²) in [5.74, 6) is 0.997. The van der Waals surface area contributed by atoms with Crippen molar-refractivity contribution in [3.8, 4) is 0 Å². The molecule has 0 bridgehead atoms. The molecular formula is C12H24N2O2S2. The summed E-state index contributed by atoms with van der Waals surface area (Å²) in [6.45, 7) is 3.23. The fraction of sp³-hybridized carbons (Fsp3) is 0.833. The maximum atomic E-state index is 10.8. The van der Waals surface area contributed by atoms with Crippen LogP contribution in [0, 0.1) is 0 Å². The van der Waals surface area contributed by atoms with Gasteiger partial charge in [0.25, 0.3) is 0 Å². The fourth-order valence-corrected chi connectivity index (χ4v) is 2.21. The average molecular weight is 292 g/mol. The predicted octanol–water partition coefficient (Wildman–Crippen LogP) is 1.37. The Balaban J connectivity index is 3.25. The Morgan fingerprint density at radius 2 is 1.72 bits per heavy atom. The smallest absolute Gasteiger partial charge is 0.166 e. The van der Waals surface area contributed by atoms with Gasteiger partial charge in [-0.2, -0.15) is 0 Å². The number of Topliss-reactive ketones (excluding diaryl/α,β-unsaturated/α-hetero) is 1. The average Bonchev–Trinajstić information content (AvgIpc) is 2.27. The van der Waals surface area contributed by atoms with Gasteiger partial charge in [-0.25, -0.2) is 0 Å². The number of nitrogens with one attached hydrogen (secondary N) is 2. The van der Waals surface area contributed by atoms with Gasteiger partial charge in [-0.15, -0.1) is 0 Å². The van der Waals surface area contributed by atoms with E-state index in [0.717, 1.165) is 44.5 Å². The lowest BCUT2D eigenvalue weighted by atomic mass is 10.2. The number of rotatable bonds is 10. The molecule has 0 aromatic heterocycles. The first-order valence-corrected chi connectivity index (χ1v) is 8.47. The molecule has 0 radical (unpaired) electrons. The SMILES string of the molecule is CC(=O)CCCCNC(=S)NCCCC[S+](C)[O-]. The van der Waals surface area contributed by atoms with E-state index in [2.05, 4.69) is 10.6 Å². The molecule has 18 heavy (non-hydrogen) atoms. The molecule has 6 heteroatoms. The van der Waals surface area contributed by atoms with Crippen LogP contribution in [0.4, 0.5) is 0 Å². The number of thiocarbonyl (C=S) groups is 1. The second-order valence-electron chi connectivity index (χ2n) is 4.33. The third kappa shape index (κ3) is 13.7. The molecule has 0 aliphatic rings. The molecule has 0 aliphatic heterocycles. The standard InChI is InChI=1S/C12H24N2O2S2/c1-11(15)7-3-4-8-13-12(17)14-9-5-6-10-18(2)16/h3-10H2,1-2H3,(H2,13,14,17). The lowest BCUT2D eigenvalue weighted by Gasteiger charge is -2.10. The van der Waals surface area contributed by atoms with E-state index in [1.165, 1.54) is 0 Å². The van der Waals surface area contributed by atoms with Gasteiger partial charge in [-0.05, 0) is 44.8 Å².